The summed E-state index contributed by atoms with van der Waals surface area (Å²) in [5.74, 6) is -0.191. The first-order valence-corrected chi connectivity index (χ1v) is 7.35. The van der Waals surface area contributed by atoms with Gasteiger partial charge in [0.1, 0.15) is 0 Å². The Bertz CT molecular complexity index is 365. The van der Waals surface area contributed by atoms with Gasteiger partial charge in [-0.15, -0.1) is 11.8 Å². The van der Waals surface area contributed by atoms with E-state index in [1.807, 2.05) is 6.92 Å². The molecule has 1 unspecified atom stereocenters. The highest BCUT2D eigenvalue weighted by Gasteiger charge is 2.15. The summed E-state index contributed by atoms with van der Waals surface area (Å²) in [7, 11) is 1.44. The van der Waals surface area contributed by atoms with Crippen LogP contribution in [0.25, 0.3) is 0 Å². The monoisotopic (exact) mass is 267 g/mol. The third kappa shape index (κ3) is 4.70. The van der Waals surface area contributed by atoms with Gasteiger partial charge in [-0.3, -0.25) is 4.79 Å². The number of nitrogens with one attached hydrogen (secondary N) is 1. The second kappa shape index (κ2) is 8.16. The molecule has 0 radical (unpaired) electrons. The van der Waals surface area contributed by atoms with Gasteiger partial charge in [0, 0.05) is 18.0 Å². The summed E-state index contributed by atoms with van der Waals surface area (Å²) in [6.45, 7) is 3.44. The van der Waals surface area contributed by atoms with E-state index in [-0.39, 0.29) is 11.9 Å². The van der Waals surface area contributed by atoms with Crippen molar-refractivity contribution in [3.63, 3.8) is 0 Å². The largest absolute Gasteiger partial charge is 0.469 e. The number of rotatable bonds is 7. The minimum Gasteiger partial charge on any atom is -0.469 e. The average Bonchev–Trinajstić information content (AvgIpc) is 2.43. The number of carbonyl (C=O) groups is 1. The number of carbonyl (C=O) groups excluding carboxylic acids is 1. The maximum Gasteiger partial charge on any atom is 0.309 e. The molecule has 0 bridgehead atoms. The van der Waals surface area contributed by atoms with Crippen LogP contribution in [0.4, 0.5) is 0 Å². The maximum absolute atomic E-state index is 11.4. The quantitative estimate of drug-likeness (QED) is 0.609. The zero-order valence-electron chi connectivity index (χ0n) is 11.2. The predicted molar refractivity (Wildman–Crippen MR) is 75.7 cm³/mol. The fourth-order valence-corrected chi connectivity index (χ4v) is 2.10. The van der Waals surface area contributed by atoms with Crippen LogP contribution >= 0.6 is 11.8 Å². The van der Waals surface area contributed by atoms with Gasteiger partial charge in [0.2, 0.25) is 0 Å². The average molecular weight is 267 g/mol. The molecular formula is C14H21NO2S. The Morgan fingerprint density at radius 2 is 2.06 bits per heavy atom. The third-order valence-electron chi connectivity index (χ3n) is 2.91. The summed E-state index contributed by atoms with van der Waals surface area (Å²) >= 11 is 1.74. The molecule has 0 aliphatic carbocycles. The van der Waals surface area contributed by atoms with Crippen molar-refractivity contribution in [1.82, 2.24) is 5.32 Å². The lowest BCUT2D eigenvalue weighted by atomic mass is 10.1. The number of esters is 1. The van der Waals surface area contributed by atoms with Gasteiger partial charge in [-0.05, 0) is 30.4 Å². The molecule has 0 heterocycles. The summed E-state index contributed by atoms with van der Waals surface area (Å²) in [6, 6.07) is 8.44. The summed E-state index contributed by atoms with van der Waals surface area (Å²) in [5, 5.41) is 3.30. The molecule has 0 aliphatic rings. The third-order valence-corrected chi connectivity index (χ3v) is 3.65. The number of ether oxygens (including phenoxy) is 1. The molecule has 100 valence electrons. The van der Waals surface area contributed by atoms with Gasteiger partial charge in [-0.25, -0.2) is 0 Å². The van der Waals surface area contributed by atoms with Crippen LogP contribution in [0.5, 0.6) is 0 Å². The van der Waals surface area contributed by atoms with Crippen molar-refractivity contribution >= 4 is 17.7 Å². The molecule has 1 aromatic carbocycles. The highest BCUT2D eigenvalue weighted by molar-refractivity contribution is 7.98. The van der Waals surface area contributed by atoms with Gasteiger partial charge in [0.15, 0.2) is 0 Å². The van der Waals surface area contributed by atoms with E-state index in [9.17, 15) is 4.79 Å². The second-order valence-electron chi connectivity index (χ2n) is 4.11. The number of hydrogen-bond donors (Lipinski definition) is 1. The van der Waals surface area contributed by atoms with Gasteiger partial charge in [-0.1, -0.05) is 19.1 Å². The lowest BCUT2D eigenvalue weighted by Crippen LogP contribution is -2.28. The Labute approximate surface area is 113 Å². The van der Waals surface area contributed by atoms with Crippen molar-refractivity contribution < 1.29 is 9.53 Å². The lowest BCUT2D eigenvalue weighted by Gasteiger charge is -2.13. The van der Waals surface area contributed by atoms with Gasteiger partial charge in [0.25, 0.3) is 0 Å². The minimum atomic E-state index is -0.136. The second-order valence-corrected chi connectivity index (χ2v) is 4.99. The van der Waals surface area contributed by atoms with Crippen molar-refractivity contribution in [3.8, 4) is 0 Å². The van der Waals surface area contributed by atoms with E-state index in [1.54, 1.807) is 11.8 Å². The van der Waals surface area contributed by atoms with E-state index < -0.39 is 0 Å². The molecule has 0 saturated carbocycles. The first-order valence-electron chi connectivity index (χ1n) is 6.12. The molecule has 0 amide bonds. The van der Waals surface area contributed by atoms with Crippen LogP contribution in [-0.2, 0) is 16.1 Å². The van der Waals surface area contributed by atoms with Crippen LogP contribution in [-0.4, -0.2) is 25.9 Å². The van der Waals surface area contributed by atoms with E-state index >= 15 is 0 Å². The van der Waals surface area contributed by atoms with Crippen molar-refractivity contribution in [2.75, 3.05) is 19.9 Å². The number of benzene rings is 1. The van der Waals surface area contributed by atoms with Crippen LogP contribution in [0, 0.1) is 5.92 Å². The number of thioether (sulfide) groups is 1. The van der Waals surface area contributed by atoms with E-state index in [2.05, 4.69) is 35.8 Å². The van der Waals surface area contributed by atoms with Crippen LogP contribution in [0.2, 0.25) is 0 Å². The fraction of sp³-hybridized carbons (Fsp3) is 0.500. The van der Waals surface area contributed by atoms with Crippen LogP contribution in [0.3, 0.4) is 0 Å². The summed E-state index contributed by atoms with van der Waals surface area (Å²) < 4.78 is 4.75. The molecule has 18 heavy (non-hydrogen) atoms. The molecule has 0 saturated heterocycles. The Morgan fingerprint density at radius 1 is 1.39 bits per heavy atom. The molecule has 3 nitrogen and oxygen atoms in total. The zero-order valence-corrected chi connectivity index (χ0v) is 12.0. The topological polar surface area (TPSA) is 38.3 Å². The van der Waals surface area contributed by atoms with E-state index in [0.717, 1.165) is 13.0 Å². The smallest absolute Gasteiger partial charge is 0.309 e. The molecule has 0 spiro atoms. The highest BCUT2D eigenvalue weighted by atomic mass is 32.2. The fourth-order valence-electron chi connectivity index (χ4n) is 1.70. The van der Waals surface area contributed by atoms with Crippen molar-refractivity contribution in [3.05, 3.63) is 29.8 Å². The van der Waals surface area contributed by atoms with Crippen molar-refractivity contribution in [1.29, 1.82) is 0 Å². The van der Waals surface area contributed by atoms with Crippen LogP contribution in [0.15, 0.2) is 29.2 Å². The standard InChI is InChI=1S/C14H21NO2S/c1-4-12(14(16)17-2)10-15-9-11-5-7-13(18-3)8-6-11/h5-8,12,15H,4,9-10H2,1-3H3. The Morgan fingerprint density at radius 3 is 2.56 bits per heavy atom. The van der Waals surface area contributed by atoms with Gasteiger partial charge in [0.05, 0.1) is 13.0 Å². The predicted octanol–water partition coefficient (Wildman–Crippen LogP) is 2.70. The normalized spacial score (nSPS) is 12.2. The van der Waals surface area contributed by atoms with Crippen LogP contribution in [0.1, 0.15) is 18.9 Å². The van der Waals surface area contributed by atoms with E-state index in [1.165, 1.54) is 17.6 Å². The molecule has 0 aliphatic heterocycles. The van der Waals surface area contributed by atoms with E-state index in [0.29, 0.717) is 6.54 Å². The summed E-state index contributed by atoms with van der Waals surface area (Å²) in [6.07, 6.45) is 2.86. The molecule has 0 fully saturated rings. The highest BCUT2D eigenvalue weighted by Crippen LogP contribution is 2.14. The van der Waals surface area contributed by atoms with Crippen molar-refractivity contribution in [2.24, 2.45) is 5.92 Å². The molecule has 1 aromatic rings. The molecule has 1 N–H and O–H groups in total. The van der Waals surface area contributed by atoms with E-state index in [4.69, 9.17) is 4.74 Å². The number of hydrogen-bond acceptors (Lipinski definition) is 4. The summed E-state index contributed by atoms with van der Waals surface area (Å²) in [5.41, 5.74) is 1.23. The van der Waals surface area contributed by atoms with Gasteiger partial charge in [-0.2, -0.15) is 0 Å². The lowest BCUT2D eigenvalue weighted by molar-refractivity contribution is -0.145. The summed E-state index contributed by atoms with van der Waals surface area (Å²) in [4.78, 5) is 12.7. The minimum absolute atomic E-state index is 0.0551. The molecule has 0 aromatic heterocycles. The Hall–Kier alpha value is -1.00. The molecule has 1 atom stereocenters. The Balaban J connectivity index is 2.37. The molecular weight excluding hydrogens is 246 g/mol. The molecule has 4 heteroatoms. The van der Waals surface area contributed by atoms with Gasteiger partial charge >= 0.3 is 5.97 Å². The first kappa shape index (κ1) is 15.1. The van der Waals surface area contributed by atoms with Gasteiger partial charge < -0.3 is 10.1 Å². The molecule has 1 rings (SSSR count). The first-order chi connectivity index (χ1) is 8.71. The SMILES string of the molecule is CCC(CNCc1ccc(SC)cc1)C(=O)OC. The number of methoxy groups -OCH3 is 1. The maximum atomic E-state index is 11.4. The zero-order chi connectivity index (χ0) is 13.4. The van der Waals surface area contributed by atoms with Crippen LogP contribution < -0.4 is 5.32 Å². The van der Waals surface area contributed by atoms with Crippen molar-refractivity contribution in [2.45, 2.75) is 24.8 Å². The Kier molecular flexibility index (Phi) is 6.83.